The van der Waals surface area contributed by atoms with Crippen molar-refractivity contribution in [2.45, 2.75) is 32.4 Å². The predicted molar refractivity (Wildman–Crippen MR) is 84.2 cm³/mol. The summed E-state index contributed by atoms with van der Waals surface area (Å²) < 4.78 is 5.77. The molecule has 2 N–H and O–H groups in total. The second-order valence-electron chi connectivity index (χ2n) is 5.90. The predicted octanol–water partition coefficient (Wildman–Crippen LogP) is 2.61. The van der Waals surface area contributed by atoms with Crippen molar-refractivity contribution in [1.29, 1.82) is 0 Å². The molecule has 1 unspecified atom stereocenters. The Morgan fingerprint density at radius 2 is 2.19 bits per heavy atom. The van der Waals surface area contributed by atoms with Crippen LogP contribution in [0.4, 0.5) is 0 Å². The van der Waals surface area contributed by atoms with Gasteiger partial charge in [0.15, 0.2) is 0 Å². The number of ether oxygens (including phenoxy) is 1. The van der Waals surface area contributed by atoms with E-state index >= 15 is 0 Å². The van der Waals surface area contributed by atoms with Crippen molar-refractivity contribution < 1.29 is 9.53 Å². The lowest BCUT2D eigenvalue weighted by Crippen LogP contribution is -2.49. The molecule has 0 saturated carbocycles. The molecule has 1 amide bonds. The topological polar surface area (TPSA) is 55.6 Å². The Hall–Kier alpha value is -1.10. The lowest BCUT2D eigenvalue weighted by atomic mass is 10.0. The first kappa shape index (κ1) is 16.3. The van der Waals surface area contributed by atoms with Crippen LogP contribution in [0.2, 0.25) is 5.02 Å². The van der Waals surface area contributed by atoms with Gasteiger partial charge in [-0.3, -0.25) is 4.79 Å². The van der Waals surface area contributed by atoms with Crippen LogP contribution >= 0.6 is 11.6 Å². The molecular weight excluding hydrogens is 288 g/mol. The molecule has 0 spiro atoms. The molecule has 0 radical (unpaired) electrons. The summed E-state index contributed by atoms with van der Waals surface area (Å²) in [6, 6.07) is 7.15. The van der Waals surface area contributed by atoms with Crippen LogP contribution in [0.15, 0.2) is 24.3 Å². The fourth-order valence-corrected chi connectivity index (χ4v) is 2.87. The lowest BCUT2D eigenvalue weighted by Gasteiger charge is -2.35. The smallest absolute Gasteiger partial charge is 0.239 e. The summed E-state index contributed by atoms with van der Waals surface area (Å²) in [7, 11) is 0. The minimum absolute atomic E-state index is 0.00375. The SMILES string of the molecule is CC(C)C[C@H](N)C(=O)N1CCOC(c2ccccc2Cl)C1. The van der Waals surface area contributed by atoms with Gasteiger partial charge in [-0.1, -0.05) is 43.6 Å². The average molecular weight is 311 g/mol. The number of amides is 1. The number of carbonyl (C=O) groups is 1. The van der Waals surface area contributed by atoms with Crippen LogP contribution in [-0.2, 0) is 9.53 Å². The van der Waals surface area contributed by atoms with Crippen LogP contribution < -0.4 is 5.73 Å². The van der Waals surface area contributed by atoms with E-state index in [0.717, 1.165) is 5.56 Å². The lowest BCUT2D eigenvalue weighted by molar-refractivity contribution is -0.140. The molecule has 1 aliphatic heterocycles. The molecular formula is C16H23ClN2O2. The summed E-state index contributed by atoms with van der Waals surface area (Å²) in [6.45, 7) is 5.74. The zero-order chi connectivity index (χ0) is 15.4. The normalized spacial score (nSPS) is 20.6. The first-order valence-corrected chi connectivity index (χ1v) is 7.77. The molecule has 21 heavy (non-hydrogen) atoms. The summed E-state index contributed by atoms with van der Waals surface area (Å²) in [5, 5.41) is 0.670. The Labute approximate surface area is 131 Å². The Kier molecular flexibility index (Phi) is 5.62. The van der Waals surface area contributed by atoms with Crippen molar-refractivity contribution in [2.75, 3.05) is 19.7 Å². The van der Waals surface area contributed by atoms with E-state index < -0.39 is 6.04 Å². The Balaban J connectivity index is 2.04. The van der Waals surface area contributed by atoms with Crippen molar-refractivity contribution in [3.63, 3.8) is 0 Å². The molecule has 4 nitrogen and oxygen atoms in total. The van der Waals surface area contributed by atoms with Crippen molar-refractivity contribution in [3.8, 4) is 0 Å². The highest BCUT2D eigenvalue weighted by molar-refractivity contribution is 6.31. The molecule has 1 saturated heterocycles. The van der Waals surface area contributed by atoms with Gasteiger partial charge in [0.2, 0.25) is 5.91 Å². The van der Waals surface area contributed by atoms with E-state index in [9.17, 15) is 4.79 Å². The quantitative estimate of drug-likeness (QED) is 0.930. The summed E-state index contributed by atoms with van der Waals surface area (Å²) in [5.74, 6) is 0.411. The maximum Gasteiger partial charge on any atom is 0.239 e. The van der Waals surface area contributed by atoms with Gasteiger partial charge in [0, 0.05) is 17.1 Å². The standard InChI is InChI=1S/C16H23ClN2O2/c1-11(2)9-14(18)16(20)19-7-8-21-15(10-19)12-5-3-4-6-13(12)17/h3-6,11,14-15H,7-10,18H2,1-2H3/t14-,15?/m0/s1. The van der Waals surface area contributed by atoms with E-state index in [0.29, 0.717) is 37.1 Å². The summed E-state index contributed by atoms with van der Waals surface area (Å²) >= 11 is 6.21. The Morgan fingerprint density at radius 3 is 2.86 bits per heavy atom. The highest BCUT2D eigenvalue weighted by Crippen LogP contribution is 2.28. The van der Waals surface area contributed by atoms with Crippen molar-refractivity contribution in [1.82, 2.24) is 4.90 Å². The number of nitrogens with two attached hydrogens (primary N) is 1. The maximum absolute atomic E-state index is 12.4. The fourth-order valence-electron chi connectivity index (χ4n) is 2.62. The van der Waals surface area contributed by atoms with Crippen molar-refractivity contribution in [3.05, 3.63) is 34.9 Å². The fraction of sp³-hybridized carbons (Fsp3) is 0.562. The highest BCUT2D eigenvalue weighted by atomic mass is 35.5. The van der Waals surface area contributed by atoms with Gasteiger partial charge >= 0.3 is 0 Å². The van der Waals surface area contributed by atoms with Crippen LogP contribution in [0.25, 0.3) is 0 Å². The van der Waals surface area contributed by atoms with Gasteiger partial charge in [-0.15, -0.1) is 0 Å². The van der Waals surface area contributed by atoms with Gasteiger partial charge in [0.25, 0.3) is 0 Å². The molecule has 5 heteroatoms. The third-order valence-corrected chi connectivity index (χ3v) is 4.02. The molecule has 1 aromatic rings. The van der Waals surface area contributed by atoms with E-state index in [2.05, 4.69) is 13.8 Å². The van der Waals surface area contributed by atoms with Crippen LogP contribution in [0.1, 0.15) is 31.9 Å². The van der Waals surface area contributed by atoms with Gasteiger partial charge in [-0.25, -0.2) is 0 Å². The van der Waals surface area contributed by atoms with Gasteiger partial charge in [0.1, 0.15) is 6.10 Å². The Morgan fingerprint density at radius 1 is 1.48 bits per heavy atom. The number of hydrogen-bond acceptors (Lipinski definition) is 3. The van der Waals surface area contributed by atoms with Crippen LogP contribution in [0.5, 0.6) is 0 Å². The highest BCUT2D eigenvalue weighted by Gasteiger charge is 2.29. The molecule has 116 valence electrons. The second-order valence-corrected chi connectivity index (χ2v) is 6.31. The summed E-state index contributed by atoms with van der Waals surface area (Å²) in [4.78, 5) is 14.2. The van der Waals surface area contributed by atoms with Crippen molar-refractivity contribution in [2.24, 2.45) is 11.7 Å². The molecule has 1 aromatic carbocycles. The largest absolute Gasteiger partial charge is 0.370 e. The monoisotopic (exact) mass is 310 g/mol. The van der Waals surface area contributed by atoms with Crippen LogP contribution in [0.3, 0.4) is 0 Å². The number of rotatable bonds is 4. The third-order valence-electron chi connectivity index (χ3n) is 3.67. The van der Waals surface area contributed by atoms with Crippen molar-refractivity contribution >= 4 is 17.5 Å². The third kappa shape index (κ3) is 4.19. The number of halogens is 1. The van der Waals surface area contributed by atoms with Crippen LogP contribution in [-0.4, -0.2) is 36.5 Å². The summed E-state index contributed by atoms with van der Waals surface area (Å²) in [6.07, 6.45) is 0.523. The van der Waals surface area contributed by atoms with E-state index in [1.54, 1.807) is 4.90 Å². The number of nitrogens with zero attached hydrogens (tertiary/aromatic N) is 1. The molecule has 1 heterocycles. The first-order valence-electron chi connectivity index (χ1n) is 7.39. The van der Waals surface area contributed by atoms with E-state index in [1.807, 2.05) is 24.3 Å². The molecule has 2 rings (SSSR count). The van der Waals surface area contributed by atoms with Gasteiger partial charge in [-0.05, 0) is 18.4 Å². The number of hydrogen-bond donors (Lipinski definition) is 1. The minimum Gasteiger partial charge on any atom is -0.370 e. The molecule has 0 aliphatic carbocycles. The van der Waals surface area contributed by atoms with E-state index in [-0.39, 0.29) is 12.0 Å². The van der Waals surface area contributed by atoms with Crippen LogP contribution in [0, 0.1) is 5.92 Å². The van der Waals surface area contributed by atoms with Gasteiger partial charge in [-0.2, -0.15) is 0 Å². The zero-order valence-corrected chi connectivity index (χ0v) is 13.3. The molecule has 1 fully saturated rings. The molecule has 2 atom stereocenters. The average Bonchev–Trinajstić information content (AvgIpc) is 2.46. The maximum atomic E-state index is 12.4. The van der Waals surface area contributed by atoms with Gasteiger partial charge in [0.05, 0.1) is 19.2 Å². The molecule has 1 aliphatic rings. The zero-order valence-electron chi connectivity index (χ0n) is 12.6. The molecule has 0 aromatic heterocycles. The number of benzene rings is 1. The number of morpholine rings is 1. The van der Waals surface area contributed by atoms with E-state index in [1.165, 1.54) is 0 Å². The first-order chi connectivity index (χ1) is 9.99. The number of carbonyl (C=O) groups excluding carboxylic acids is 1. The minimum atomic E-state index is -0.435. The summed E-state index contributed by atoms with van der Waals surface area (Å²) in [5.41, 5.74) is 6.93. The second kappa shape index (κ2) is 7.25. The Bertz CT molecular complexity index is 493. The molecule has 0 bridgehead atoms. The van der Waals surface area contributed by atoms with E-state index in [4.69, 9.17) is 22.1 Å². The van der Waals surface area contributed by atoms with Gasteiger partial charge < -0.3 is 15.4 Å².